The highest BCUT2D eigenvalue weighted by atomic mass is 35.5. The first-order chi connectivity index (χ1) is 14.8. The predicted molar refractivity (Wildman–Crippen MR) is 116 cm³/mol. The fourth-order valence-corrected chi connectivity index (χ4v) is 5.18. The molecule has 1 aliphatic rings. The number of hydrogen-bond acceptors (Lipinski definition) is 6. The first-order valence-electron chi connectivity index (χ1n) is 9.72. The number of esters is 1. The molecular weight excluding hydrogens is 444 g/mol. The van der Waals surface area contributed by atoms with E-state index in [1.165, 1.54) is 29.6 Å². The topological polar surface area (TPSA) is 102 Å². The van der Waals surface area contributed by atoms with Crippen molar-refractivity contribution in [3.63, 3.8) is 0 Å². The molecule has 0 atom stereocenters. The molecule has 1 heterocycles. The second kappa shape index (κ2) is 10.1. The van der Waals surface area contributed by atoms with Gasteiger partial charge in [0.15, 0.2) is 6.61 Å². The van der Waals surface area contributed by atoms with Gasteiger partial charge >= 0.3 is 5.97 Å². The van der Waals surface area contributed by atoms with Gasteiger partial charge in [-0.15, -0.1) is 0 Å². The molecule has 0 aliphatic carbocycles. The predicted octanol–water partition coefficient (Wildman–Crippen LogP) is 3.32. The average Bonchev–Trinajstić information content (AvgIpc) is 2.78. The van der Waals surface area contributed by atoms with Crippen LogP contribution >= 0.6 is 11.6 Å². The van der Waals surface area contributed by atoms with Gasteiger partial charge in [-0.25, -0.2) is 13.2 Å². The highest BCUT2D eigenvalue weighted by Crippen LogP contribution is 2.28. The summed E-state index contributed by atoms with van der Waals surface area (Å²) >= 11 is 6.11. The largest absolute Gasteiger partial charge is 0.497 e. The Morgan fingerprint density at radius 2 is 1.74 bits per heavy atom. The van der Waals surface area contributed by atoms with E-state index in [2.05, 4.69) is 5.32 Å². The van der Waals surface area contributed by atoms with Crippen LogP contribution in [0.4, 0.5) is 5.69 Å². The molecular formula is C21H23ClN2O6S. The number of nitrogens with zero attached hydrogens (tertiary/aromatic N) is 1. The van der Waals surface area contributed by atoms with E-state index in [0.29, 0.717) is 24.5 Å². The Morgan fingerprint density at radius 1 is 1.06 bits per heavy atom. The number of halogens is 1. The molecule has 2 aromatic carbocycles. The van der Waals surface area contributed by atoms with E-state index >= 15 is 0 Å². The summed E-state index contributed by atoms with van der Waals surface area (Å²) in [6, 6.07) is 10.5. The third-order valence-electron chi connectivity index (χ3n) is 4.81. The molecule has 2 aromatic rings. The summed E-state index contributed by atoms with van der Waals surface area (Å²) in [5, 5.41) is 2.62. The highest BCUT2D eigenvalue weighted by molar-refractivity contribution is 7.89. The van der Waals surface area contributed by atoms with Crippen LogP contribution in [-0.4, -0.2) is 51.4 Å². The Morgan fingerprint density at radius 3 is 2.39 bits per heavy atom. The number of carbonyl (C=O) groups is 2. The van der Waals surface area contributed by atoms with Crippen molar-refractivity contribution in [1.29, 1.82) is 0 Å². The van der Waals surface area contributed by atoms with Gasteiger partial charge in [-0.1, -0.05) is 18.0 Å². The van der Waals surface area contributed by atoms with Gasteiger partial charge in [-0.2, -0.15) is 4.31 Å². The zero-order valence-electron chi connectivity index (χ0n) is 17.0. The molecule has 10 heteroatoms. The highest BCUT2D eigenvalue weighted by Gasteiger charge is 2.29. The fourth-order valence-electron chi connectivity index (χ4n) is 3.16. The van der Waals surface area contributed by atoms with Crippen molar-refractivity contribution in [3.05, 3.63) is 53.1 Å². The van der Waals surface area contributed by atoms with Gasteiger partial charge in [-0.05, 0) is 55.3 Å². The first kappa shape index (κ1) is 23.1. The first-order valence-corrected chi connectivity index (χ1v) is 11.5. The van der Waals surface area contributed by atoms with Crippen LogP contribution in [0, 0.1) is 0 Å². The monoisotopic (exact) mass is 466 g/mol. The maximum absolute atomic E-state index is 12.9. The molecule has 1 saturated heterocycles. The maximum atomic E-state index is 12.9. The standard InChI is InChI=1S/C21H23ClN2O6S/c1-29-17-8-6-16(7-9-17)23-20(25)14-30-21(26)15-5-10-18(22)19(13-15)31(27,28)24-11-3-2-4-12-24/h5-10,13H,2-4,11-12,14H2,1H3,(H,23,25). The Balaban J connectivity index is 1.65. The van der Waals surface area contributed by atoms with Crippen molar-refractivity contribution in [2.75, 3.05) is 32.1 Å². The molecule has 31 heavy (non-hydrogen) atoms. The summed E-state index contributed by atoms with van der Waals surface area (Å²) in [6.07, 6.45) is 2.54. The minimum atomic E-state index is -3.82. The van der Waals surface area contributed by atoms with Gasteiger partial charge in [-0.3, -0.25) is 4.79 Å². The van der Waals surface area contributed by atoms with Gasteiger partial charge in [0.2, 0.25) is 10.0 Å². The second-order valence-electron chi connectivity index (χ2n) is 6.96. The number of anilines is 1. The summed E-state index contributed by atoms with van der Waals surface area (Å²) in [5.41, 5.74) is 0.514. The Labute approximate surface area is 186 Å². The lowest BCUT2D eigenvalue weighted by Crippen LogP contribution is -2.35. The zero-order chi connectivity index (χ0) is 22.4. The number of nitrogens with one attached hydrogen (secondary N) is 1. The van der Waals surface area contributed by atoms with Gasteiger partial charge in [0, 0.05) is 18.8 Å². The third-order valence-corrected chi connectivity index (χ3v) is 7.19. The number of piperidine rings is 1. The lowest BCUT2D eigenvalue weighted by molar-refractivity contribution is -0.119. The quantitative estimate of drug-likeness (QED) is 0.628. The minimum Gasteiger partial charge on any atom is -0.497 e. The van der Waals surface area contributed by atoms with Crippen molar-refractivity contribution < 1.29 is 27.5 Å². The normalized spacial score (nSPS) is 14.6. The molecule has 1 fully saturated rings. The van der Waals surface area contributed by atoms with E-state index in [0.717, 1.165) is 19.3 Å². The van der Waals surface area contributed by atoms with Crippen LogP contribution in [0.5, 0.6) is 5.75 Å². The van der Waals surface area contributed by atoms with Crippen molar-refractivity contribution in [3.8, 4) is 5.75 Å². The lowest BCUT2D eigenvalue weighted by Gasteiger charge is -2.26. The number of hydrogen-bond donors (Lipinski definition) is 1. The third kappa shape index (κ3) is 5.75. The lowest BCUT2D eigenvalue weighted by atomic mass is 10.2. The molecule has 0 saturated carbocycles. The van der Waals surface area contributed by atoms with Gasteiger partial charge in [0.25, 0.3) is 5.91 Å². The van der Waals surface area contributed by atoms with Gasteiger partial charge in [0.05, 0.1) is 17.7 Å². The van der Waals surface area contributed by atoms with Crippen LogP contribution in [0.2, 0.25) is 5.02 Å². The molecule has 3 rings (SSSR count). The molecule has 1 amide bonds. The smallest absolute Gasteiger partial charge is 0.338 e. The van der Waals surface area contributed by atoms with Crippen molar-refractivity contribution in [2.24, 2.45) is 0 Å². The number of methoxy groups -OCH3 is 1. The van der Waals surface area contributed by atoms with E-state index < -0.39 is 28.5 Å². The van der Waals surface area contributed by atoms with Crippen LogP contribution in [0.15, 0.2) is 47.4 Å². The van der Waals surface area contributed by atoms with Crippen molar-refractivity contribution in [1.82, 2.24) is 4.31 Å². The fraction of sp³-hybridized carbons (Fsp3) is 0.333. The van der Waals surface area contributed by atoms with Crippen LogP contribution < -0.4 is 10.1 Å². The van der Waals surface area contributed by atoms with Crippen LogP contribution in [0.3, 0.4) is 0 Å². The van der Waals surface area contributed by atoms with Crippen molar-refractivity contribution in [2.45, 2.75) is 24.2 Å². The number of sulfonamides is 1. The average molecular weight is 467 g/mol. The summed E-state index contributed by atoms with van der Waals surface area (Å²) < 4.78 is 37.3. The van der Waals surface area contributed by atoms with Crippen LogP contribution in [0.25, 0.3) is 0 Å². The SMILES string of the molecule is COc1ccc(NC(=O)COC(=O)c2ccc(Cl)c(S(=O)(=O)N3CCCCC3)c2)cc1. The van der Waals surface area contributed by atoms with E-state index in [-0.39, 0.29) is 15.5 Å². The Bertz CT molecular complexity index is 1050. The molecule has 0 unspecified atom stereocenters. The Hall–Kier alpha value is -2.62. The van der Waals surface area contributed by atoms with E-state index in [1.54, 1.807) is 24.3 Å². The van der Waals surface area contributed by atoms with E-state index in [4.69, 9.17) is 21.1 Å². The molecule has 1 N–H and O–H groups in total. The summed E-state index contributed by atoms with van der Waals surface area (Å²) in [4.78, 5) is 24.3. The maximum Gasteiger partial charge on any atom is 0.338 e. The number of amides is 1. The Kier molecular flexibility index (Phi) is 7.53. The van der Waals surface area contributed by atoms with Crippen molar-refractivity contribution >= 4 is 39.2 Å². The number of rotatable bonds is 7. The molecule has 0 spiro atoms. The van der Waals surface area contributed by atoms with E-state index in [1.807, 2.05) is 0 Å². The molecule has 0 radical (unpaired) electrons. The van der Waals surface area contributed by atoms with E-state index in [9.17, 15) is 18.0 Å². The molecule has 0 aromatic heterocycles. The van der Waals surface area contributed by atoms with Crippen LogP contribution in [0.1, 0.15) is 29.6 Å². The van der Waals surface area contributed by atoms with Gasteiger partial charge < -0.3 is 14.8 Å². The number of benzene rings is 2. The summed E-state index contributed by atoms with van der Waals surface area (Å²) in [7, 11) is -2.29. The molecule has 1 aliphatic heterocycles. The second-order valence-corrected chi connectivity index (χ2v) is 9.28. The summed E-state index contributed by atoms with van der Waals surface area (Å²) in [6.45, 7) is 0.305. The van der Waals surface area contributed by atoms with Crippen LogP contribution in [-0.2, 0) is 19.6 Å². The molecule has 166 valence electrons. The minimum absolute atomic E-state index is 0.00256. The van der Waals surface area contributed by atoms with Gasteiger partial charge in [0.1, 0.15) is 10.6 Å². The number of ether oxygens (including phenoxy) is 2. The molecule has 0 bridgehead atoms. The number of carbonyl (C=O) groups excluding carboxylic acids is 2. The molecule has 8 nitrogen and oxygen atoms in total. The zero-order valence-corrected chi connectivity index (χ0v) is 18.5. The summed E-state index contributed by atoms with van der Waals surface area (Å²) in [5.74, 6) is -0.715.